The minimum atomic E-state index is -0.629. The molecule has 0 heterocycles. The second kappa shape index (κ2) is 9.02. The number of nitrogens with one attached hydrogen (secondary N) is 3. The lowest BCUT2D eigenvalue weighted by atomic mass is 10.1. The van der Waals surface area contributed by atoms with Crippen LogP contribution in [0.3, 0.4) is 0 Å². The van der Waals surface area contributed by atoms with Gasteiger partial charge in [-0.3, -0.25) is 19.6 Å². The second-order valence-electron chi connectivity index (χ2n) is 5.96. The molecule has 7 heteroatoms. The molecule has 1 aromatic rings. The van der Waals surface area contributed by atoms with Gasteiger partial charge in [0.15, 0.2) is 0 Å². The number of carbonyl (C=O) groups is 3. The largest absolute Gasteiger partial charge is 0.352 e. The maximum Gasteiger partial charge on any atom is 0.251 e. The van der Waals surface area contributed by atoms with Gasteiger partial charge in [0.2, 0.25) is 11.8 Å². The summed E-state index contributed by atoms with van der Waals surface area (Å²) in [5, 5.41) is 14.1. The Bertz CT molecular complexity index is 572. The summed E-state index contributed by atoms with van der Waals surface area (Å²) in [6.45, 7) is 0. The minimum absolute atomic E-state index is 0.181. The zero-order chi connectivity index (χ0) is 17.4. The molecule has 1 saturated carbocycles. The van der Waals surface area contributed by atoms with Gasteiger partial charge >= 0.3 is 0 Å². The molecule has 0 radical (unpaired) electrons. The van der Waals surface area contributed by atoms with Crippen molar-refractivity contribution in [2.45, 2.75) is 50.6 Å². The third-order valence-electron chi connectivity index (χ3n) is 3.85. The second-order valence-corrected chi connectivity index (χ2v) is 5.96. The lowest BCUT2D eigenvalue weighted by Crippen LogP contribution is -2.47. The van der Waals surface area contributed by atoms with Gasteiger partial charge < -0.3 is 10.6 Å². The van der Waals surface area contributed by atoms with Crippen molar-refractivity contribution < 1.29 is 19.6 Å². The highest BCUT2D eigenvalue weighted by molar-refractivity contribution is 5.97. The van der Waals surface area contributed by atoms with E-state index in [9.17, 15) is 14.4 Å². The molecule has 7 nitrogen and oxygen atoms in total. The van der Waals surface area contributed by atoms with Crippen LogP contribution in [0.1, 0.15) is 48.9 Å². The first kappa shape index (κ1) is 17.9. The molecule has 4 N–H and O–H groups in total. The summed E-state index contributed by atoms with van der Waals surface area (Å²) in [7, 11) is 0. The van der Waals surface area contributed by atoms with Crippen molar-refractivity contribution in [1.82, 2.24) is 16.1 Å². The van der Waals surface area contributed by atoms with Crippen LogP contribution in [0, 0.1) is 0 Å². The molecule has 0 aromatic heterocycles. The molecule has 130 valence electrons. The van der Waals surface area contributed by atoms with Crippen LogP contribution >= 0.6 is 0 Å². The van der Waals surface area contributed by atoms with Gasteiger partial charge in [0, 0.05) is 18.0 Å². The molecular weight excluding hydrogens is 310 g/mol. The number of hydrogen-bond acceptors (Lipinski definition) is 4. The molecule has 0 saturated heterocycles. The highest BCUT2D eigenvalue weighted by Gasteiger charge is 2.28. The molecule has 1 atom stereocenters. The third-order valence-corrected chi connectivity index (χ3v) is 3.85. The van der Waals surface area contributed by atoms with Crippen molar-refractivity contribution in [2.75, 3.05) is 0 Å². The van der Waals surface area contributed by atoms with Crippen molar-refractivity contribution in [2.24, 2.45) is 0 Å². The number of unbranched alkanes of at least 4 members (excludes halogenated alkanes) is 1. The van der Waals surface area contributed by atoms with Gasteiger partial charge in [0.25, 0.3) is 5.91 Å². The predicted octanol–water partition coefficient (Wildman–Crippen LogP) is 1.13. The van der Waals surface area contributed by atoms with E-state index in [1.807, 2.05) is 6.07 Å². The standard InChI is InChI=1S/C17H23N3O4/c21-15(20-24)9-5-4-8-14(17(23)18-13-10-11-13)19-16(22)12-6-2-1-3-7-12/h1-3,6-7,13-14,24H,4-5,8-11H2,(H,18,23)(H,19,22)(H,20,21)/t14-/m1/s1. The Hall–Kier alpha value is -2.41. The highest BCUT2D eigenvalue weighted by atomic mass is 16.5. The maximum atomic E-state index is 12.3. The Morgan fingerprint density at radius 2 is 1.83 bits per heavy atom. The predicted molar refractivity (Wildman–Crippen MR) is 87.3 cm³/mol. The first-order valence-corrected chi connectivity index (χ1v) is 8.19. The third kappa shape index (κ3) is 6.00. The molecule has 0 bridgehead atoms. The molecular formula is C17H23N3O4. The molecule has 1 aromatic carbocycles. The van der Waals surface area contributed by atoms with Gasteiger partial charge in [0.05, 0.1) is 0 Å². The summed E-state index contributed by atoms with van der Waals surface area (Å²) in [5.74, 6) is -0.935. The first-order valence-electron chi connectivity index (χ1n) is 8.19. The van der Waals surface area contributed by atoms with E-state index < -0.39 is 11.9 Å². The van der Waals surface area contributed by atoms with E-state index in [1.165, 1.54) is 0 Å². The molecule has 0 unspecified atom stereocenters. The average Bonchev–Trinajstić information content (AvgIpc) is 3.41. The van der Waals surface area contributed by atoms with Gasteiger partial charge in [-0.25, -0.2) is 5.48 Å². The van der Waals surface area contributed by atoms with Crippen LogP contribution in [0.5, 0.6) is 0 Å². The summed E-state index contributed by atoms with van der Waals surface area (Å²) in [5.41, 5.74) is 2.08. The van der Waals surface area contributed by atoms with E-state index in [-0.39, 0.29) is 24.3 Å². The van der Waals surface area contributed by atoms with Crippen molar-refractivity contribution >= 4 is 17.7 Å². The van der Waals surface area contributed by atoms with Gasteiger partial charge in [-0.05, 0) is 37.8 Å². The zero-order valence-corrected chi connectivity index (χ0v) is 13.5. The Kier molecular flexibility index (Phi) is 6.74. The molecule has 1 fully saturated rings. The SMILES string of the molecule is O=C(CCCC[C@@H](NC(=O)c1ccccc1)C(=O)NC1CC1)NO. The van der Waals surface area contributed by atoms with E-state index in [1.54, 1.807) is 29.7 Å². The summed E-state index contributed by atoms with van der Waals surface area (Å²) in [4.78, 5) is 35.6. The van der Waals surface area contributed by atoms with Crippen molar-refractivity contribution in [3.05, 3.63) is 35.9 Å². The van der Waals surface area contributed by atoms with Gasteiger partial charge in [-0.15, -0.1) is 0 Å². The molecule has 0 spiro atoms. The van der Waals surface area contributed by atoms with Crippen LogP contribution in [0.15, 0.2) is 30.3 Å². The number of carbonyl (C=O) groups excluding carboxylic acids is 3. The Balaban J connectivity index is 1.88. The molecule has 1 aliphatic rings. The van der Waals surface area contributed by atoms with Crippen LogP contribution in [-0.2, 0) is 9.59 Å². The van der Waals surface area contributed by atoms with Gasteiger partial charge in [0.1, 0.15) is 6.04 Å². The lowest BCUT2D eigenvalue weighted by Gasteiger charge is -2.18. The van der Waals surface area contributed by atoms with Crippen LogP contribution in [-0.4, -0.2) is 35.0 Å². The van der Waals surface area contributed by atoms with Crippen molar-refractivity contribution in [3.63, 3.8) is 0 Å². The number of rotatable bonds is 9. The molecule has 0 aliphatic heterocycles. The summed E-state index contributed by atoms with van der Waals surface area (Å²) in [6, 6.07) is 8.32. The summed E-state index contributed by atoms with van der Waals surface area (Å²) >= 11 is 0. The molecule has 3 amide bonds. The Morgan fingerprint density at radius 1 is 1.12 bits per heavy atom. The van der Waals surface area contributed by atoms with E-state index in [0.29, 0.717) is 24.8 Å². The fourth-order valence-electron chi connectivity index (χ4n) is 2.32. The summed E-state index contributed by atoms with van der Waals surface area (Å²) in [6.07, 6.45) is 3.69. The van der Waals surface area contributed by atoms with Gasteiger partial charge in [-0.2, -0.15) is 0 Å². The van der Waals surface area contributed by atoms with E-state index in [0.717, 1.165) is 12.8 Å². The topological polar surface area (TPSA) is 108 Å². The average molecular weight is 333 g/mol. The molecule has 24 heavy (non-hydrogen) atoms. The van der Waals surface area contributed by atoms with Crippen molar-refractivity contribution in [1.29, 1.82) is 0 Å². The number of benzene rings is 1. The van der Waals surface area contributed by atoms with E-state index >= 15 is 0 Å². The number of amides is 3. The first-order chi connectivity index (χ1) is 11.6. The maximum absolute atomic E-state index is 12.3. The van der Waals surface area contributed by atoms with Crippen molar-refractivity contribution in [3.8, 4) is 0 Å². The van der Waals surface area contributed by atoms with E-state index in [2.05, 4.69) is 10.6 Å². The monoisotopic (exact) mass is 333 g/mol. The zero-order valence-electron chi connectivity index (χ0n) is 13.5. The molecule has 2 rings (SSSR count). The Morgan fingerprint density at radius 3 is 2.46 bits per heavy atom. The molecule has 1 aliphatic carbocycles. The van der Waals surface area contributed by atoms with Crippen LogP contribution < -0.4 is 16.1 Å². The minimum Gasteiger partial charge on any atom is -0.352 e. The van der Waals surface area contributed by atoms with E-state index in [4.69, 9.17) is 5.21 Å². The number of hydrogen-bond donors (Lipinski definition) is 4. The van der Waals surface area contributed by atoms with Crippen LogP contribution in [0.25, 0.3) is 0 Å². The number of hydroxylamine groups is 1. The van der Waals surface area contributed by atoms with Gasteiger partial charge in [-0.1, -0.05) is 24.6 Å². The fourth-order valence-corrected chi connectivity index (χ4v) is 2.32. The normalized spacial score (nSPS) is 14.5. The smallest absolute Gasteiger partial charge is 0.251 e. The quantitative estimate of drug-likeness (QED) is 0.309. The highest BCUT2D eigenvalue weighted by Crippen LogP contribution is 2.19. The summed E-state index contributed by atoms with van der Waals surface area (Å²) < 4.78 is 0. The lowest BCUT2D eigenvalue weighted by molar-refractivity contribution is -0.129. The van der Waals surface area contributed by atoms with Crippen LogP contribution in [0.2, 0.25) is 0 Å². The Labute approximate surface area is 140 Å². The fraction of sp³-hybridized carbons (Fsp3) is 0.471. The van der Waals surface area contributed by atoms with Crippen LogP contribution in [0.4, 0.5) is 0 Å².